The van der Waals surface area contributed by atoms with Crippen LogP contribution >= 0.6 is 11.3 Å². The summed E-state index contributed by atoms with van der Waals surface area (Å²) in [6.45, 7) is 3.70. The van der Waals surface area contributed by atoms with Crippen molar-refractivity contribution in [2.24, 2.45) is 0 Å². The summed E-state index contributed by atoms with van der Waals surface area (Å²) in [6.07, 6.45) is 2.48. The molecule has 0 radical (unpaired) electrons. The van der Waals surface area contributed by atoms with Crippen LogP contribution in [0.3, 0.4) is 0 Å². The number of hydrogen-bond acceptors (Lipinski definition) is 6. The highest BCUT2D eigenvalue weighted by Gasteiger charge is 2.20. The fourth-order valence-electron chi connectivity index (χ4n) is 1.51. The van der Waals surface area contributed by atoms with Gasteiger partial charge in [0.2, 0.25) is 0 Å². The molecule has 108 valence electrons. The van der Waals surface area contributed by atoms with Crippen molar-refractivity contribution in [3.8, 4) is 0 Å². The van der Waals surface area contributed by atoms with Crippen molar-refractivity contribution in [3.63, 3.8) is 0 Å². The molecule has 2 N–H and O–H groups in total. The minimum Gasteiger partial charge on any atom is -0.462 e. The largest absolute Gasteiger partial charge is 0.462 e. The molecule has 20 heavy (non-hydrogen) atoms. The number of rotatable bonds is 5. The molecule has 0 atom stereocenters. The zero-order valence-electron chi connectivity index (χ0n) is 10.8. The molecule has 2 aromatic rings. The number of nitrogens with one attached hydrogen (secondary N) is 2. The van der Waals surface area contributed by atoms with E-state index in [1.54, 1.807) is 19.9 Å². The third kappa shape index (κ3) is 2.99. The first-order valence-corrected chi connectivity index (χ1v) is 8.03. The van der Waals surface area contributed by atoms with Crippen molar-refractivity contribution < 1.29 is 17.9 Å². The Morgan fingerprint density at radius 2 is 2.30 bits per heavy atom. The van der Waals surface area contributed by atoms with Crippen LogP contribution in [-0.2, 0) is 14.8 Å². The maximum Gasteiger partial charge on any atom is 0.348 e. The maximum atomic E-state index is 12.0. The fraction of sp³-hybridized carbons (Fsp3) is 0.273. The molecule has 0 spiro atoms. The van der Waals surface area contributed by atoms with Gasteiger partial charge < -0.3 is 4.74 Å². The highest BCUT2D eigenvalue weighted by Crippen LogP contribution is 2.29. The fourth-order valence-corrected chi connectivity index (χ4v) is 3.66. The number of anilines is 1. The van der Waals surface area contributed by atoms with Gasteiger partial charge in [-0.25, -0.2) is 13.2 Å². The maximum absolute atomic E-state index is 12.0. The number of H-pyrrole nitrogens is 1. The summed E-state index contributed by atoms with van der Waals surface area (Å²) < 4.78 is 31.3. The standard InChI is InChI=1S/C11H13N3O4S2/c1-3-18-11(15)10-7(2)4-9(19-10)14-20(16,17)8-5-12-13-6-8/h4-6,14H,3H2,1-2H3,(H,12,13). The molecular formula is C11H13N3O4S2. The van der Waals surface area contributed by atoms with Crippen molar-refractivity contribution in [3.05, 3.63) is 28.9 Å². The quantitative estimate of drug-likeness (QED) is 0.819. The monoisotopic (exact) mass is 315 g/mol. The Morgan fingerprint density at radius 3 is 2.90 bits per heavy atom. The second-order valence-corrected chi connectivity index (χ2v) is 6.62. The molecule has 7 nitrogen and oxygen atoms in total. The van der Waals surface area contributed by atoms with Crippen molar-refractivity contribution in [2.45, 2.75) is 18.7 Å². The molecule has 0 fully saturated rings. The van der Waals surface area contributed by atoms with E-state index in [1.807, 2.05) is 0 Å². The molecule has 0 aromatic carbocycles. The molecule has 0 amide bonds. The Hall–Kier alpha value is -1.87. The van der Waals surface area contributed by atoms with Crippen LogP contribution < -0.4 is 4.72 Å². The van der Waals surface area contributed by atoms with E-state index in [-0.39, 0.29) is 11.5 Å². The molecule has 0 aliphatic carbocycles. The lowest BCUT2D eigenvalue weighted by Gasteiger charge is -2.02. The lowest BCUT2D eigenvalue weighted by Crippen LogP contribution is -2.11. The van der Waals surface area contributed by atoms with Gasteiger partial charge in [-0.2, -0.15) is 5.10 Å². The van der Waals surface area contributed by atoms with Crippen molar-refractivity contribution >= 4 is 32.3 Å². The number of sulfonamides is 1. The summed E-state index contributed by atoms with van der Waals surface area (Å²) in [4.78, 5) is 12.1. The molecule has 0 aliphatic rings. The molecule has 2 heterocycles. The summed E-state index contributed by atoms with van der Waals surface area (Å²) in [5, 5.41) is 6.38. The molecule has 9 heteroatoms. The Labute approximate surface area is 120 Å². The van der Waals surface area contributed by atoms with Gasteiger partial charge in [-0.3, -0.25) is 9.82 Å². The number of carbonyl (C=O) groups excluding carboxylic acids is 1. The summed E-state index contributed by atoms with van der Waals surface area (Å²) in [5.41, 5.74) is 0.665. The predicted molar refractivity (Wildman–Crippen MR) is 74.4 cm³/mol. The van der Waals surface area contributed by atoms with E-state index in [9.17, 15) is 13.2 Å². The van der Waals surface area contributed by atoms with Gasteiger partial charge in [0, 0.05) is 6.20 Å². The number of carbonyl (C=O) groups is 1. The number of thiophene rings is 1. The molecule has 2 rings (SSSR count). The molecule has 0 saturated heterocycles. The van der Waals surface area contributed by atoms with Gasteiger partial charge in [-0.15, -0.1) is 11.3 Å². The number of aromatic amines is 1. The third-order valence-corrected chi connectivity index (χ3v) is 4.99. The number of aromatic nitrogens is 2. The summed E-state index contributed by atoms with van der Waals surface area (Å²) in [7, 11) is -3.70. The van der Waals surface area contributed by atoms with Gasteiger partial charge in [0.1, 0.15) is 14.8 Å². The summed E-state index contributed by atoms with van der Waals surface area (Å²) in [5.74, 6) is -0.455. The lowest BCUT2D eigenvalue weighted by molar-refractivity contribution is 0.0531. The van der Waals surface area contributed by atoms with E-state index in [1.165, 1.54) is 12.4 Å². The second-order valence-electron chi connectivity index (χ2n) is 3.88. The third-order valence-electron chi connectivity index (χ3n) is 2.40. The Kier molecular flexibility index (Phi) is 4.09. The van der Waals surface area contributed by atoms with E-state index in [0.29, 0.717) is 15.4 Å². The Bertz CT molecular complexity index is 704. The molecule has 2 aromatic heterocycles. The molecular weight excluding hydrogens is 302 g/mol. The smallest absolute Gasteiger partial charge is 0.348 e. The number of ether oxygens (including phenoxy) is 1. The number of esters is 1. The number of nitrogens with zero attached hydrogens (tertiary/aromatic N) is 1. The minimum atomic E-state index is -3.70. The van der Waals surface area contributed by atoms with E-state index in [2.05, 4.69) is 14.9 Å². The zero-order valence-corrected chi connectivity index (χ0v) is 12.5. The Balaban J connectivity index is 2.23. The van der Waals surface area contributed by atoms with Gasteiger partial charge in [-0.05, 0) is 25.5 Å². The topological polar surface area (TPSA) is 101 Å². The van der Waals surface area contributed by atoms with Crippen LogP contribution in [0.5, 0.6) is 0 Å². The first-order chi connectivity index (χ1) is 9.44. The van der Waals surface area contributed by atoms with E-state index in [4.69, 9.17) is 4.74 Å². The van der Waals surface area contributed by atoms with E-state index < -0.39 is 16.0 Å². The average molecular weight is 315 g/mol. The summed E-state index contributed by atoms with van der Waals surface area (Å²) in [6, 6.07) is 1.59. The van der Waals surface area contributed by atoms with Crippen molar-refractivity contribution in [1.82, 2.24) is 10.2 Å². The van der Waals surface area contributed by atoms with Gasteiger partial charge >= 0.3 is 5.97 Å². The molecule has 0 aliphatic heterocycles. The Morgan fingerprint density at radius 1 is 1.55 bits per heavy atom. The van der Waals surface area contributed by atoms with Gasteiger partial charge in [0.25, 0.3) is 10.0 Å². The first kappa shape index (κ1) is 14.5. The van der Waals surface area contributed by atoms with E-state index >= 15 is 0 Å². The van der Waals surface area contributed by atoms with Gasteiger partial charge in [-0.1, -0.05) is 0 Å². The van der Waals surface area contributed by atoms with Crippen LogP contribution in [0.25, 0.3) is 0 Å². The highest BCUT2D eigenvalue weighted by atomic mass is 32.2. The van der Waals surface area contributed by atoms with Crippen LogP contribution in [0.1, 0.15) is 22.2 Å². The molecule has 0 saturated carbocycles. The van der Waals surface area contributed by atoms with Crippen LogP contribution in [-0.4, -0.2) is 31.2 Å². The van der Waals surface area contributed by atoms with Crippen LogP contribution in [0, 0.1) is 6.92 Å². The van der Waals surface area contributed by atoms with E-state index in [0.717, 1.165) is 11.3 Å². The molecule has 0 bridgehead atoms. The first-order valence-electron chi connectivity index (χ1n) is 5.73. The molecule has 0 unspecified atom stereocenters. The number of hydrogen-bond donors (Lipinski definition) is 2. The van der Waals surface area contributed by atoms with Crippen molar-refractivity contribution in [1.29, 1.82) is 0 Å². The van der Waals surface area contributed by atoms with Crippen LogP contribution in [0.15, 0.2) is 23.4 Å². The van der Waals surface area contributed by atoms with Gasteiger partial charge in [0.15, 0.2) is 0 Å². The van der Waals surface area contributed by atoms with Crippen LogP contribution in [0.4, 0.5) is 5.00 Å². The predicted octanol–water partition coefficient (Wildman–Crippen LogP) is 1.76. The normalized spacial score (nSPS) is 11.3. The van der Waals surface area contributed by atoms with Crippen molar-refractivity contribution in [2.75, 3.05) is 11.3 Å². The SMILES string of the molecule is CCOC(=O)c1sc(NS(=O)(=O)c2cn[nH]c2)cc1C. The van der Waals surface area contributed by atoms with Crippen LogP contribution in [0.2, 0.25) is 0 Å². The highest BCUT2D eigenvalue weighted by molar-refractivity contribution is 7.93. The zero-order chi connectivity index (χ0) is 14.8. The van der Waals surface area contributed by atoms with Gasteiger partial charge in [0.05, 0.1) is 12.8 Å². The lowest BCUT2D eigenvalue weighted by atomic mass is 10.3. The second kappa shape index (κ2) is 5.63. The average Bonchev–Trinajstić information content (AvgIpc) is 2.98. The number of aryl methyl sites for hydroxylation is 1. The summed E-state index contributed by atoms with van der Waals surface area (Å²) >= 11 is 1.04. The minimum absolute atomic E-state index is 0.0289.